The Morgan fingerprint density at radius 1 is 0.563 bits per heavy atom. The predicted molar refractivity (Wildman–Crippen MR) is 252 cm³/mol. The summed E-state index contributed by atoms with van der Waals surface area (Å²) in [6, 6.07) is 20.7. The van der Waals surface area contributed by atoms with Crippen LogP contribution in [0.2, 0.25) is 0 Å². The van der Waals surface area contributed by atoms with Crippen molar-refractivity contribution < 1.29 is 47.6 Å². The van der Waals surface area contributed by atoms with E-state index in [9.17, 15) is 47.6 Å². The van der Waals surface area contributed by atoms with Crippen molar-refractivity contribution in [2.24, 2.45) is 10.3 Å². The summed E-state index contributed by atoms with van der Waals surface area (Å²) in [5.41, 5.74) is 0.720. The van der Waals surface area contributed by atoms with Crippen molar-refractivity contribution >= 4 is 70.9 Å². The molecule has 8 aromatic rings. The number of nitrogens with two attached hydrogens (primary N) is 2. The molecule has 1 aliphatic rings. The van der Waals surface area contributed by atoms with Gasteiger partial charge in [-0.05, 0) is 123 Å². The molecule has 9 rings (SSSR count). The standard InChI is InChI=1S/C26H26F3N7O2S.C20H13F4N5O2S/c27-26(28,29)19-13-18-16-33-25(34-20-4-6-21(7-5-20)39(30,37)38)35-24(18)22(14-19)17-3-8-23(32-15-17)31-9-12-36-10-1-2-11-36;21-17-6-1-11(9-26-17)16-8-13(20(22,23)24)7-12-10-27-19(29-18(12)16)28-14-2-4-15(5-3-14)32(25,30)31/h3-8,13-16H,1-2,9-12H2,(H,31,32)(H2,30,37,38)(H,33,34,35);1-10H,(H2,25,30,31)(H,27,28,29). The van der Waals surface area contributed by atoms with E-state index >= 15 is 0 Å². The van der Waals surface area contributed by atoms with Gasteiger partial charge in [0.05, 0.1) is 32.0 Å². The number of pyridine rings is 2. The first kappa shape index (κ1) is 50.0. The van der Waals surface area contributed by atoms with Crippen LogP contribution in [-0.2, 0) is 32.4 Å². The maximum Gasteiger partial charge on any atom is 0.416 e. The van der Waals surface area contributed by atoms with Crippen molar-refractivity contribution in [2.75, 3.05) is 42.1 Å². The molecule has 1 fully saturated rings. The first-order valence-corrected chi connectivity index (χ1v) is 24.3. The fraction of sp³-hybridized carbons (Fsp3) is 0.174. The first-order valence-electron chi connectivity index (χ1n) is 21.2. The molecule has 4 aromatic heterocycles. The summed E-state index contributed by atoms with van der Waals surface area (Å²) < 4.78 is 140. The van der Waals surface area contributed by atoms with Crippen LogP contribution in [0, 0.1) is 5.95 Å². The number of halogens is 7. The van der Waals surface area contributed by atoms with Crippen molar-refractivity contribution in [3.05, 3.63) is 139 Å². The van der Waals surface area contributed by atoms with E-state index in [1.807, 2.05) is 0 Å². The normalized spacial score (nSPS) is 13.5. The Morgan fingerprint density at radius 3 is 1.41 bits per heavy atom. The van der Waals surface area contributed by atoms with Crippen molar-refractivity contribution in [1.29, 1.82) is 0 Å². The summed E-state index contributed by atoms with van der Waals surface area (Å²) >= 11 is 0. The molecule has 5 heterocycles. The van der Waals surface area contributed by atoms with Gasteiger partial charge in [0.1, 0.15) is 5.82 Å². The first-order chi connectivity index (χ1) is 33.6. The molecule has 16 nitrogen and oxygen atoms in total. The molecule has 1 aliphatic heterocycles. The molecule has 0 bridgehead atoms. The minimum absolute atomic E-state index is 0.0527. The van der Waals surface area contributed by atoms with Gasteiger partial charge in [0.2, 0.25) is 37.9 Å². The zero-order valence-corrected chi connectivity index (χ0v) is 38.3. The van der Waals surface area contributed by atoms with Crippen LogP contribution >= 0.6 is 0 Å². The van der Waals surface area contributed by atoms with Gasteiger partial charge in [-0.25, -0.2) is 57.0 Å². The molecule has 0 atom stereocenters. The Kier molecular flexibility index (Phi) is 14.1. The third kappa shape index (κ3) is 12.5. The summed E-state index contributed by atoms with van der Waals surface area (Å²) in [4.78, 5) is 27.1. The molecular formula is C46H39F7N12O4S2. The number of hydrogen-bond acceptors (Lipinski definition) is 14. The number of aromatic nitrogens is 6. The average Bonchev–Trinajstić information content (AvgIpc) is 3.85. The third-order valence-electron chi connectivity index (χ3n) is 10.9. The van der Waals surface area contributed by atoms with E-state index in [4.69, 9.17) is 10.3 Å². The van der Waals surface area contributed by atoms with E-state index in [2.05, 4.69) is 50.8 Å². The molecule has 0 unspecified atom stereocenters. The van der Waals surface area contributed by atoms with Gasteiger partial charge in [-0.1, -0.05) is 0 Å². The second-order valence-electron chi connectivity index (χ2n) is 16.0. The second kappa shape index (κ2) is 20.1. The predicted octanol–water partition coefficient (Wildman–Crippen LogP) is 8.85. The highest BCUT2D eigenvalue weighted by Gasteiger charge is 2.33. The zero-order chi connectivity index (χ0) is 50.7. The molecule has 0 aliphatic carbocycles. The van der Waals surface area contributed by atoms with Crippen LogP contribution in [0.4, 0.5) is 59.8 Å². The largest absolute Gasteiger partial charge is 0.416 e. The second-order valence-corrected chi connectivity index (χ2v) is 19.1. The molecule has 25 heteroatoms. The Morgan fingerprint density at radius 2 is 1.01 bits per heavy atom. The van der Waals surface area contributed by atoms with Crippen molar-refractivity contribution in [3.63, 3.8) is 0 Å². The maximum absolute atomic E-state index is 13.7. The molecule has 7 N–H and O–H groups in total. The van der Waals surface area contributed by atoms with Gasteiger partial charge in [-0.3, -0.25) is 0 Å². The Hall–Kier alpha value is -7.45. The summed E-state index contributed by atoms with van der Waals surface area (Å²) in [5.74, 6) is 0.0380. The highest BCUT2D eigenvalue weighted by molar-refractivity contribution is 7.89. The van der Waals surface area contributed by atoms with Crippen LogP contribution < -0.4 is 26.2 Å². The molecule has 1 saturated heterocycles. The number of nitrogens with one attached hydrogen (secondary N) is 3. The van der Waals surface area contributed by atoms with E-state index in [0.29, 0.717) is 28.3 Å². The van der Waals surface area contributed by atoms with Crippen molar-refractivity contribution in [2.45, 2.75) is 35.0 Å². The number of anilines is 5. The number of rotatable bonds is 12. The van der Waals surface area contributed by atoms with Gasteiger partial charge in [0.15, 0.2) is 0 Å². The van der Waals surface area contributed by atoms with Crippen LogP contribution in [0.1, 0.15) is 24.0 Å². The number of fused-ring (bicyclic) bond motifs is 2. The lowest BCUT2D eigenvalue weighted by Crippen LogP contribution is -2.26. The van der Waals surface area contributed by atoms with Gasteiger partial charge in [-0.2, -0.15) is 30.7 Å². The summed E-state index contributed by atoms with van der Waals surface area (Å²) in [6.45, 7) is 3.81. The van der Waals surface area contributed by atoms with Gasteiger partial charge < -0.3 is 20.9 Å². The van der Waals surface area contributed by atoms with Gasteiger partial charge in [0.25, 0.3) is 0 Å². The molecule has 368 valence electrons. The lowest BCUT2D eigenvalue weighted by molar-refractivity contribution is -0.138. The monoisotopic (exact) mass is 1020 g/mol. The maximum atomic E-state index is 13.7. The van der Waals surface area contributed by atoms with Crippen LogP contribution in [0.3, 0.4) is 0 Å². The minimum atomic E-state index is -4.61. The van der Waals surface area contributed by atoms with E-state index in [-0.39, 0.29) is 54.7 Å². The number of benzene rings is 4. The van der Waals surface area contributed by atoms with E-state index in [0.717, 1.165) is 62.7 Å². The van der Waals surface area contributed by atoms with Gasteiger partial charge in [-0.15, -0.1) is 0 Å². The topological polar surface area (TPSA) is 237 Å². The molecular weight excluding hydrogens is 982 g/mol. The summed E-state index contributed by atoms with van der Waals surface area (Å²) in [7, 11) is -7.71. The van der Waals surface area contributed by atoms with Crippen LogP contribution in [0.15, 0.2) is 132 Å². The lowest BCUT2D eigenvalue weighted by atomic mass is 10.0. The number of nitrogens with zero attached hydrogens (tertiary/aromatic N) is 7. The summed E-state index contributed by atoms with van der Waals surface area (Å²) in [5, 5.41) is 19.6. The SMILES string of the molecule is NS(=O)(=O)c1ccc(Nc2ncc3cc(C(F)(F)F)cc(-c4ccc(F)nc4)c3n2)cc1.NS(=O)(=O)c1ccc(Nc2ncc3cc(C(F)(F)F)cc(-c4ccc(NCCN5CCCC5)nc4)c3n2)cc1. The molecule has 71 heavy (non-hydrogen) atoms. The highest BCUT2D eigenvalue weighted by atomic mass is 32.2. The molecule has 0 spiro atoms. The van der Waals surface area contributed by atoms with Crippen molar-refractivity contribution in [1.82, 2.24) is 34.8 Å². The summed E-state index contributed by atoms with van der Waals surface area (Å²) in [6.07, 6.45) is -1.58. The third-order valence-corrected chi connectivity index (χ3v) is 12.8. The number of hydrogen-bond donors (Lipinski definition) is 5. The Balaban J connectivity index is 0.000000194. The van der Waals surface area contributed by atoms with E-state index in [1.54, 1.807) is 12.1 Å². The zero-order valence-electron chi connectivity index (χ0n) is 36.7. The fourth-order valence-corrected chi connectivity index (χ4v) is 8.47. The number of alkyl halides is 6. The molecule has 0 saturated carbocycles. The minimum Gasteiger partial charge on any atom is -0.369 e. The molecule has 0 amide bonds. The Labute approximate surface area is 400 Å². The van der Waals surface area contributed by atoms with Crippen LogP contribution in [-0.4, -0.2) is 77.8 Å². The Bertz CT molecular complexity index is 3440. The van der Waals surface area contributed by atoms with Crippen LogP contribution in [0.25, 0.3) is 44.1 Å². The molecule has 0 radical (unpaired) electrons. The fourth-order valence-electron chi connectivity index (χ4n) is 7.43. The van der Waals surface area contributed by atoms with Gasteiger partial charge >= 0.3 is 12.4 Å². The lowest BCUT2D eigenvalue weighted by Gasteiger charge is -2.15. The number of sulfonamides is 2. The number of primary sulfonamides is 2. The average molecular weight is 1020 g/mol. The number of likely N-dealkylation sites (tertiary alicyclic amines) is 1. The smallest absolute Gasteiger partial charge is 0.369 e. The van der Waals surface area contributed by atoms with Crippen LogP contribution in [0.5, 0.6) is 0 Å². The van der Waals surface area contributed by atoms with Crippen molar-refractivity contribution in [3.8, 4) is 22.3 Å². The van der Waals surface area contributed by atoms with E-state index in [1.165, 1.54) is 86.0 Å². The quantitative estimate of drug-likeness (QED) is 0.0568. The van der Waals surface area contributed by atoms with Gasteiger partial charge in [0, 0.05) is 82.3 Å². The van der Waals surface area contributed by atoms with E-state index < -0.39 is 49.5 Å². The highest BCUT2D eigenvalue weighted by Crippen LogP contribution is 2.39. The molecule has 4 aromatic carbocycles.